The first-order chi connectivity index (χ1) is 13.0. The molecule has 0 unspecified atom stereocenters. The standard InChI is InChI=1S/C19H17ClFN3O3/c1-10(2)27-15-8-14-16(18-17(15)25-5-6-26-18)19(23-9-22-14)24-11-3-4-13(21)12(20)7-11/h3-4,7-10H,5-6H2,1-2H3,(H,22,23,24). The minimum absolute atomic E-state index is 0.0209. The molecule has 2 aromatic carbocycles. The molecule has 0 amide bonds. The molecular formula is C19H17ClFN3O3. The van der Waals surface area contributed by atoms with Crippen LogP contribution < -0.4 is 19.5 Å². The van der Waals surface area contributed by atoms with Crippen molar-refractivity contribution in [1.29, 1.82) is 0 Å². The predicted octanol–water partition coefficient (Wildman–Crippen LogP) is 4.72. The van der Waals surface area contributed by atoms with E-state index in [1.54, 1.807) is 12.1 Å². The van der Waals surface area contributed by atoms with Gasteiger partial charge in [-0.25, -0.2) is 14.4 Å². The van der Waals surface area contributed by atoms with E-state index in [4.69, 9.17) is 25.8 Å². The quantitative estimate of drug-likeness (QED) is 0.696. The third-order valence-corrected chi connectivity index (χ3v) is 4.21. The average molecular weight is 390 g/mol. The van der Waals surface area contributed by atoms with E-state index in [0.717, 1.165) is 0 Å². The Bertz CT molecular complexity index is 1010. The van der Waals surface area contributed by atoms with Crippen molar-refractivity contribution in [2.24, 2.45) is 0 Å². The van der Waals surface area contributed by atoms with Crippen LogP contribution in [-0.2, 0) is 0 Å². The third-order valence-electron chi connectivity index (χ3n) is 3.92. The lowest BCUT2D eigenvalue weighted by atomic mass is 10.1. The van der Waals surface area contributed by atoms with Gasteiger partial charge in [-0.1, -0.05) is 11.6 Å². The number of aromatic nitrogens is 2. The van der Waals surface area contributed by atoms with E-state index >= 15 is 0 Å². The van der Waals surface area contributed by atoms with Gasteiger partial charge in [0.15, 0.2) is 11.5 Å². The van der Waals surface area contributed by atoms with E-state index in [2.05, 4.69) is 15.3 Å². The summed E-state index contributed by atoms with van der Waals surface area (Å²) in [6.07, 6.45) is 1.41. The molecule has 0 aliphatic carbocycles. The maximum atomic E-state index is 13.4. The molecule has 3 aromatic rings. The lowest BCUT2D eigenvalue weighted by Crippen LogP contribution is -2.18. The second-order valence-electron chi connectivity index (χ2n) is 6.27. The predicted molar refractivity (Wildman–Crippen MR) is 101 cm³/mol. The Balaban J connectivity index is 1.85. The van der Waals surface area contributed by atoms with Gasteiger partial charge in [0.25, 0.3) is 0 Å². The summed E-state index contributed by atoms with van der Waals surface area (Å²) in [7, 11) is 0. The normalized spacial score (nSPS) is 13.1. The zero-order valence-electron chi connectivity index (χ0n) is 14.8. The number of hydrogen-bond donors (Lipinski definition) is 1. The fourth-order valence-corrected chi connectivity index (χ4v) is 3.04. The summed E-state index contributed by atoms with van der Waals surface area (Å²) in [5.74, 6) is 1.63. The minimum atomic E-state index is -0.487. The second kappa shape index (κ2) is 7.08. The van der Waals surface area contributed by atoms with E-state index in [9.17, 15) is 4.39 Å². The number of hydrogen-bond acceptors (Lipinski definition) is 6. The summed E-state index contributed by atoms with van der Waals surface area (Å²) in [6.45, 7) is 4.71. The molecule has 8 heteroatoms. The number of nitrogens with zero attached hydrogens (tertiary/aromatic N) is 2. The molecule has 1 aliphatic rings. The van der Waals surface area contributed by atoms with Crippen LogP contribution in [0.4, 0.5) is 15.9 Å². The largest absolute Gasteiger partial charge is 0.487 e. The van der Waals surface area contributed by atoms with Crippen molar-refractivity contribution < 1.29 is 18.6 Å². The van der Waals surface area contributed by atoms with Crippen LogP contribution >= 0.6 is 11.6 Å². The molecule has 0 saturated heterocycles. The van der Waals surface area contributed by atoms with E-state index in [0.29, 0.717) is 52.9 Å². The number of halogens is 2. The van der Waals surface area contributed by atoms with E-state index in [-0.39, 0.29) is 11.1 Å². The van der Waals surface area contributed by atoms with Crippen LogP contribution in [0.1, 0.15) is 13.8 Å². The highest BCUT2D eigenvalue weighted by atomic mass is 35.5. The minimum Gasteiger partial charge on any atom is -0.487 e. The maximum absolute atomic E-state index is 13.4. The fraction of sp³-hybridized carbons (Fsp3) is 0.263. The van der Waals surface area contributed by atoms with E-state index < -0.39 is 5.82 Å². The number of ether oxygens (including phenoxy) is 3. The summed E-state index contributed by atoms with van der Waals surface area (Å²) in [5, 5.41) is 3.82. The van der Waals surface area contributed by atoms with Crippen LogP contribution in [0.15, 0.2) is 30.6 Å². The van der Waals surface area contributed by atoms with Crippen LogP contribution in [-0.4, -0.2) is 29.3 Å². The Labute approximate surface area is 160 Å². The van der Waals surface area contributed by atoms with Crippen molar-refractivity contribution in [3.63, 3.8) is 0 Å². The van der Waals surface area contributed by atoms with Crippen molar-refractivity contribution in [1.82, 2.24) is 9.97 Å². The average Bonchev–Trinajstić information content (AvgIpc) is 2.64. The third kappa shape index (κ3) is 3.42. The van der Waals surface area contributed by atoms with Gasteiger partial charge in [0.1, 0.15) is 31.2 Å². The van der Waals surface area contributed by atoms with Crippen molar-refractivity contribution in [2.45, 2.75) is 20.0 Å². The maximum Gasteiger partial charge on any atom is 0.204 e. The molecule has 4 rings (SSSR count). The van der Waals surface area contributed by atoms with Gasteiger partial charge in [-0.3, -0.25) is 0 Å². The monoisotopic (exact) mass is 389 g/mol. The second-order valence-corrected chi connectivity index (χ2v) is 6.67. The van der Waals surface area contributed by atoms with Gasteiger partial charge >= 0.3 is 0 Å². The van der Waals surface area contributed by atoms with Crippen LogP contribution in [0.3, 0.4) is 0 Å². The summed E-state index contributed by atoms with van der Waals surface area (Å²) >= 11 is 5.87. The Morgan fingerprint density at radius 3 is 2.67 bits per heavy atom. The first-order valence-electron chi connectivity index (χ1n) is 8.49. The molecule has 1 aromatic heterocycles. The fourth-order valence-electron chi connectivity index (χ4n) is 2.86. The smallest absolute Gasteiger partial charge is 0.204 e. The SMILES string of the molecule is CC(C)Oc1cc2ncnc(Nc3ccc(F)c(Cl)c3)c2c2c1OCCO2. The van der Waals surface area contributed by atoms with Gasteiger partial charge in [0, 0.05) is 11.8 Å². The van der Waals surface area contributed by atoms with Gasteiger partial charge in [0.2, 0.25) is 5.75 Å². The molecular weight excluding hydrogens is 373 g/mol. The molecule has 1 N–H and O–H groups in total. The first kappa shape index (κ1) is 17.6. The lowest BCUT2D eigenvalue weighted by Gasteiger charge is -2.24. The van der Waals surface area contributed by atoms with Crippen molar-refractivity contribution in [3.8, 4) is 17.2 Å². The Kier molecular flexibility index (Phi) is 4.61. The highest BCUT2D eigenvalue weighted by Gasteiger charge is 2.25. The lowest BCUT2D eigenvalue weighted by molar-refractivity contribution is 0.157. The Hall–Kier alpha value is -2.80. The summed E-state index contributed by atoms with van der Waals surface area (Å²) in [5.41, 5.74) is 1.23. The molecule has 0 fully saturated rings. The summed E-state index contributed by atoms with van der Waals surface area (Å²) in [4.78, 5) is 8.66. The first-order valence-corrected chi connectivity index (χ1v) is 8.87. The number of fused-ring (bicyclic) bond motifs is 3. The van der Waals surface area contributed by atoms with Crippen molar-refractivity contribution >= 4 is 34.0 Å². The van der Waals surface area contributed by atoms with Crippen LogP contribution in [0.25, 0.3) is 10.9 Å². The van der Waals surface area contributed by atoms with Gasteiger partial charge in [-0.2, -0.15) is 0 Å². The molecule has 0 saturated carbocycles. The zero-order chi connectivity index (χ0) is 19.0. The van der Waals surface area contributed by atoms with E-state index in [1.165, 1.54) is 18.5 Å². The number of nitrogens with one attached hydrogen (secondary N) is 1. The molecule has 27 heavy (non-hydrogen) atoms. The number of benzene rings is 2. The molecule has 0 spiro atoms. The Morgan fingerprint density at radius 2 is 1.93 bits per heavy atom. The van der Waals surface area contributed by atoms with Gasteiger partial charge in [-0.15, -0.1) is 0 Å². The van der Waals surface area contributed by atoms with Crippen LogP contribution in [0.5, 0.6) is 17.2 Å². The Morgan fingerprint density at radius 1 is 1.15 bits per heavy atom. The molecule has 1 aliphatic heterocycles. The van der Waals surface area contributed by atoms with Crippen LogP contribution in [0.2, 0.25) is 5.02 Å². The van der Waals surface area contributed by atoms with Gasteiger partial charge in [-0.05, 0) is 32.0 Å². The molecule has 0 bridgehead atoms. The molecule has 140 valence electrons. The summed E-state index contributed by atoms with van der Waals surface area (Å²) in [6, 6.07) is 6.16. The molecule has 6 nitrogen and oxygen atoms in total. The highest BCUT2D eigenvalue weighted by Crippen LogP contribution is 2.47. The molecule has 2 heterocycles. The topological polar surface area (TPSA) is 65.5 Å². The number of rotatable bonds is 4. The van der Waals surface area contributed by atoms with Crippen molar-refractivity contribution in [3.05, 3.63) is 41.4 Å². The molecule has 0 radical (unpaired) electrons. The van der Waals surface area contributed by atoms with Crippen LogP contribution in [0, 0.1) is 5.82 Å². The summed E-state index contributed by atoms with van der Waals surface area (Å²) < 4.78 is 31.0. The van der Waals surface area contributed by atoms with E-state index in [1.807, 2.05) is 13.8 Å². The van der Waals surface area contributed by atoms with Crippen molar-refractivity contribution in [2.75, 3.05) is 18.5 Å². The zero-order valence-corrected chi connectivity index (χ0v) is 15.5. The van der Waals surface area contributed by atoms with Gasteiger partial charge < -0.3 is 19.5 Å². The highest BCUT2D eigenvalue weighted by molar-refractivity contribution is 6.31. The molecule has 0 atom stereocenters. The van der Waals surface area contributed by atoms with Gasteiger partial charge in [0.05, 0.1) is 22.0 Å². The number of anilines is 2.